The van der Waals surface area contributed by atoms with Crippen LogP contribution in [0.25, 0.3) is 0 Å². The maximum absolute atomic E-state index is 11.0. The van der Waals surface area contributed by atoms with E-state index < -0.39 is 5.97 Å². The molecule has 0 heterocycles. The van der Waals surface area contributed by atoms with Gasteiger partial charge in [-0.3, -0.25) is 0 Å². The molecule has 3 rings (SSSR count). The molecule has 0 aromatic heterocycles. The summed E-state index contributed by atoms with van der Waals surface area (Å²) in [5, 5.41) is 0. The summed E-state index contributed by atoms with van der Waals surface area (Å²) in [6, 6.07) is 28.3. The SMILES string of the molecule is C=C(C)C(=O)OCCOc1ccccc1.C=C(C)C(=O)OCc1ccccc1.C=CC(=O)OCCOc1ccccc1. The lowest BCUT2D eigenvalue weighted by Gasteiger charge is -2.06. The molecule has 3 aromatic rings. The van der Waals surface area contributed by atoms with E-state index in [4.69, 9.17) is 23.7 Å². The smallest absolute Gasteiger partial charge is 0.333 e. The molecule has 0 aliphatic carbocycles. The molecule has 0 saturated carbocycles. The molecule has 0 amide bonds. The van der Waals surface area contributed by atoms with Gasteiger partial charge in [0.2, 0.25) is 0 Å². The molecule has 8 nitrogen and oxygen atoms in total. The lowest BCUT2D eigenvalue weighted by molar-refractivity contribution is -0.140. The molecule has 8 heteroatoms. The van der Waals surface area contributed by atoms with Crippen molar-refractivity contribution in [3.63, 3.8) is 0 Å². The minimum atomic E-state index is -0.429. The first-order valence-electron chi connectivity index (χ1n) is 13.1. The summed E-state index contributed by atoms with van der Waals surface area (Å²) in [7, 11) is 0. The van der Waals surface area contributed by atoms with Crippen molar-refractivity contribution >= 4 is 17.9 Å². The number of carbonyl (C=O) groups is 3. The van der Waals surface area contributed by atoms with E-state index in [9.17, 15) is 14.4 Å². The van der Waals surface area contributed by atoms with Crippen molar-refractivity contribution in [2.45, 2.75) is 20.5 Å². The van der Waals surface area contributed by atoms with Gasteiger partial charge in [0.15, 0.2) is 0 Å². The molecule has 222 valence electrons. The van der Waals surface area contributed by atoms with Crippen LogP contribution < -0.4 is 9.47 Å². The van der Waals surface area contributed by atoms with Crippen LogP contribution in [0.1, 0.15) is 19.4 Å². The van der Waals surface area contributed by atoms with Crippen LogP contribution in [0.15, 0.2) is 128 Å². The maximum atomic E-state index is 11.0. The van der Waals surface area contributed by atoms with E-state index in [2.05, 4.69) is 19.7 Å². The van der Waals surface area contributed by atoms with Gasteiger partial charge in [0.05, 0.1) is 0 Å². The molecular formula is C34H38O8. The van der Waals surface area contributed by atoms with Gasteiger partial charge in [-0.25, -0.2) is 14.4 Å². The van der Waals surface area contributed by atoms with Crippen molar-refractivity contribution in [3.05, 3.63) is 134 Å². The number of para-hydroxylation sites is 2. The van der Waals surface area contributed by atoms with Crippen LogP contribution in [0, 0.1) is 0 Å². The molecule has 0 aliphatic rings. The normalized spacial score (nSPS) is 9.29. The van der Waals surface area contributed by atoms with Gasteiger partial charge in [-0.1, -0.05) is 86.5 Å². The second-order valence-corrected chi connectivity index (χ2v) is 8.45. The monoisotopic (exact) mass is 574 g/mol. The Morgan fingerprint density at radius 1 is 0.595 bits per heavy atom. The van der Waals surface area contributed by atoms with Gasteiger partial charge in [0, 0.05) is 17.2 Å². The van der Waals surface area contributed by atoms with Crippen molar-refractivity contribution < 1.29 is 38.1 Å². The zero-order chi connectivity index (χ0) is 31.0. The van der Waals surface area contributed by atoms with Crippen LogP contribution in [0.3, 0.4) is 0 Å². The van der Waals surface area contributed by atoms with E-state index in [-0.39, 0.29) is 25.2 Å². The van der Waals surface area contributed by atoms with E-state index in [0.29, 0.717) is 31.0 Å². The fraction of sp³-hybridized carbons (Fsp3) is 0.206. The van der Waals surface area contributed by atoms with Gasteiger partial charge < -0.3 is 23.7 Å². The molecule has 0 saturated heterocycles. The molecule has 0 atom stereocenters. The Hall–Kier alpha value is -5.11. The summed E-state index contributed by atoms with van der Waals surface area (Å²) in [5.74, 6) is 0.378. The quantitative estimate of drug-likeness (QED) is 0.102. The van der Waals surface area contributed by atoms with Gasteiger partial charge in [-0.05, 0) is 43.7 Å². The van der Waals surface area contributed by atoms with Crippen molar-refractivity contribution in [2.75, 3.05) is 26.4 Å². The van der Waals surface area contributed by atoms with E-state index in [1.807, 2.05) is 91.0 Å². The zero-order valence-corrected chi connectivity index (χ0v) is 24.2. The van der Waals surface area contributed by atoms with Gasteiger partial charge >= 0.3 is 17.9 Å². The Balaban J connectivity index is 0.000000316. The predicted octanol–water partition coefficient (Wildman–Crippen LogP) is 6.29. The summed E-state index contributed by atoms with van der Waals surface area (Å²) >= 11 is 0. The minimum Gasteiger partial charge on any atom is -0.490 e. The fourth-order valence-electron chi connectivity index (χ4n) is 2.66. The highest BCUT2D eigenvalue weighted by atomic mass is 16.6. The largest absolute Gasteiger partial charge is 0.490 e. The van der Waals surface area contributed by atoms with Gasteiger partial charge in [0.25, 0.3) is 0 Å². The van der Waals surface area contributed by atoms with Crippen molar-refractivity contribution in [1.82, 2.24) is 0 Å². The molecule has 0 aliphatic heterocycles. The highest BCUT2D eigenvalue weighted by Gasteiger charge is 2.03. The van der Waals surface area contributed by atoms with Crippen LogP contribution in [0.5, 0.6) is 11.5 Å². The molecule has 0 unspecified atom stereocenters. The number of benzene rings is 3. The first-order chi connectivity index (χ1) is 20.2. The highest BCUT2D eigenvalue weighted by molar-refractivity contribution is 5.87. The average molecular weight is 575 g/mol. The summed E-state index contributed by atoms with van der Waals surface area (Å²) in [4.78, 5) is 32.6. The Morgan fingerprint density at radius 3 is 1.43 bits per heavy atom. The highest BCUT2D eigenvalue weighted by Crippen LogP contribution is 2.08. The summed E-state index contributed by atoms with van der Waals surface area (Å²) in [6.07, 6.45) is 1.13. The maximum Gasteiger partial charge on any atom is 0.333 e. The number of ether oxygens (including phenoxy) is 5. The Kier molecular flexibility index (Phi) is 18.0. The molecular weight excluding hydrogens is 536 g/mol. The number of hydrogen-bond acceptors (Lipinski definition) is 8. The number of carbonyl (C=O) groups excluding carboxylic acids is 3. The Morgan fingerprint density at radius 2 is 1.00 bits per heavy atom. The van der Waals surface area contributed by atoms with Crippen molar-refractivity contribution in [2.24, 2.45) is 0 Å². The third-order valence-electron chi connectivity index (χ3n) is 4.74. The summed E-state index contributed by atoms with van der Waals surface area (Å²) in [6.45, 7) is 15.0. The lowest BCUT2D eigenvalue weighted by Crippen LogP contribution is -2.12. The summed E-state index contributed by atoms with van der Waals surface area (Å²) in [5.41, 5.74) is 1.81. The van der Waals surface area contributed by atoms with Crippen molar-refractivity contribution in [3.8, 4) is 11.5 Å². The van der Waals surface area contributed by atoms with E-state index in [1.54, 1.807) is 13.8 Å². The fourth-order valence-corrected chi connectivity index (χ4v) is 2.66. The Labute approximate surface area is 247 Å². The van der Waals surface area contributed by atoms with E-state index in [1.165, 1.54) is 0 Å². The van der Waals surface area contributed by atoms with Crippen LogP contribution in [-0.2, 0) is 35.2 Å². The number of hydrogen-bond donors (Lipinski definition) is 0. The molecule has 0 spiro atoms. The summed E-state index contributed by atoms with van der Waals surface area (Å²) < 4.78 is 25.2. The van der Waals surface area contributed by atoms with Gasteiger partial charge in [-0.15, -0.1) is 0 Å². The first-order valence-corrected chi connectivity index (χ1v) is 13.1. The van der Waals surface area contributed by atoms with Crippen LogP contribution in [0.2, 0.25) is 0 Å². The molecule has 0 fully saturated rings. The van der Waals surface area contributed by atoms with Crippen LogP contribution in [-0.4, -0.2) is 44.3 Å². The van der Waals surface area contributed by atoms with E-state index >= 15 is 0 Å². The predicted molar refractivity (Wildman–Crippen MR) is 162 cm³/mol. The lowest BCUT2D eigenvalue weighted by atomic mass is 10.2. The second-order valence-electron chi connectivity index (χ2n) is 8.45. The zero-order valence-electron chi connectivity index (χ0n) is 24.2. The van der Waals surface area contributed by atoms with Crippen LogP contribution in [0.4, 0.5) is 0 Å². The number of rotatable bonds is 13. The Bertz CT molecular complexity index is 1240. The molecule has 0 radical (unpaired) electrons. The second kappa shape index (κ2) is 21.7. The molecule has 0 N–H and O–H groups in total. The van der Waals surface area contributed by atoms with E-state index in [0.717, 1.165) is 23.1 Å². The van der Waals surface area contributed by atoms with Gasteiger partial charge in [-0.2, -0.15) is 0 Å². The van der Waals surface area contributed by atoms with Crippen molar-refractivity contribution in [1.29, 1.82) is 0 Å². The molecule has 0 bridgehead atoms. The molecule has 3 aromatic carbocycles. The topological polar surface area (TPSA) is 97.4 Å². The van der Waals surface area contributed by atoms with Gasteiger partial charge in [0.1, 0.15) is 44.5 Å². The molecule has 42 heavy (non-hydrogen) atoms. The third-order valence-corrected chi connectivity index (χ3v) is 4.74. The van der Waals surface area contributed by atoms with Crippen LogP contribution >= 0.6 is 0 Å². The standard InChI is InChI=1S/C12H14O3.C11H12O3.C11H12O2/c1-10(2)12(13)15-9-8-14-11-6-4-3-5-7-11;1-2-11(12)14-9-8-13-10-6-4-3-5-7-10;1-9(2)11(12)13-8-10-6-4-3-5-7-10/h3-7H,1,8-9H2,2H3;2-7H,1,8-9H2;3-7H,1,8H2,2H3. The average Bonchev–Trinajstić information content (AvgIpc) is 3.02. The third kappa shape index (κ3) is 17.5. The minimum absolute atomic E-state index is 0.236. The number of esters is 3. The first kappa shape index (κ1) is 34.9.